The number of benzene rings is 1. The highest BCUT2D eigenvalue weighted by Gasteiger charge is 2.08. The fraction of sp³-hybridized carbons (Fsp3) is 0.300. The van der Waals surface area contributed by atoms with E-state index in [1.807, 2.05) is 24.3 Å². The lowest BCUT2D eigenvalue weighted by atomic mass is 10.00. The molecule has 0 saturated heterocycles. The van der Waals surface area contributed by atoms with Gasteiger partial charge in [0.15, 0.2) is 0 Å². The average molecular weight is 176 g/mol. The normalized spacial score (nSPS) is 12.1. The summed E-state index contributed by atoms with van der Waals surface area (Å²) in [5, 5.41) is 17.4. The summed E-state index contributed by atoms with van der Waals surface area (Å²) in [6, 6.07) is 9.09. The fourth-order valence-electron chi connectivity index (χ4n) is 1.24. The number of hydrogen-bond donors (Lipinski definition) is 2. The van der Waals surface area contributed by atoms with Crippen LogP contribution in [0.3, 0.4) is 0 Å². The molecule has 0 aliphatic rings. The molecule has 0 aliphatic heterocycles. The van der Waals surface area contributed by atoms with Crippen molar-refractivity contribution in [1.29, 1.82) is 5.26 Å². The minimum atomic E-state index is -0.385. The first-order chi connectivity index (χ1) is 6.29. The Morgan fingerprint density at radius 1 is 1.46 bits per heavy atom. The zero-order valence-electron chi connectivity index (χ0n) is 7.27. The molecule has 3 N–H and O–H groups in total. The van der Waals surface area contributed by atoms with Gasteiger partial charge in [0.25, 0.3) is 0 Å². The first-order valence-electron chi connectivity index (χ1n) is 4.10. The molecule has 68 valence electrons. The Hall–Kier alpha value is -1.37. The zero-order chi connectivity index (χ0) is 9.68. The summed E-state index contributed by atoms with van der Waals surface area (Å²) >= 11 is 0. The molecule has 0 saturated carbocycles. The third-order valence-electron chi connectivity index (χ3n) is 1.92. The number of aliphatic hydroxyl groups is 1. The summed E-state index contributed by atoms with van der Waals surface area (Å²) in [6.07, 6.45) is 0.337. The maximum atomic E-state index is 8.87. The van der Waals surface area contributed by atoms with Crippen molar-refractivity contribution in [3.63, 3.8) is 0 Å². The van der Waals surface area contributed by atoms with Gasteiger partial charge < -0.3 is 10.8 Å². The molecule has 13 heavy (non-hydrogen) atoms. The van der Waals surface area contributed by atoms with Gasteiger partial charge in [-0.3, -0.25) is 0 Å². The Balaban J connectivity index is 2.98. The number of aliphatic hydroxyl groups excluding tert-OH is 1. The molecule has 3 heteroatoms. The molecule has 1 atom stereocenters. The molecular weight excluding hydrogens is 164 g/mol. The predicted octanol–water partition coefficient (Wildman–Crippen LogP) is 0.745. The quantitative estimate of drug-likeness (QED) is 0.713. The largest absolute Gasteiger partial charge is 0.394 e. The Labute approximate surface area is 77.4 Å². The molecular formula is C10H12N2O. The molecule has 0 heterocycles. The van der Waals surface area contributed by atoms with Crippen molar-refractivity contribution in [3.05, 3.63) is 35.4 Å². The smallest absolute Gasteiger partial charge is 0.0669 e. The second kappa shape index (κ2) is 4.61. The van der Waals surface area contributed by atoms with Gasteiger partial charge in [0.2, 0.25) is 0 Å². The lowest BCUT2D eigenvalue weighted by Crippen LogP contribution is -2.16. The van der Waals surface area contributed by atoms with E-state index in [-0.39, 0.29) is 12.6 Å². The van der Waals surface area contributed by atoms with Crippen LogP contribution in [0, 0.1) is 11.3 Å². The highest BCUT2D eigenvalue weighted by molar-refractivity contribution is 5.31. The van der Waals surface area contributed by atoms with Crippen LogP contribution in [0.25, 0.3) is 0 Å². The molecule has 1 aromatic rings. The summed E-state index contributed by atoms with van der Waals surface area (Å²) in [5.41, 5.74) is 7.41. The second-order valence-corrected chi connectivity index (χ2v) is 2.82. The van der Waals surface area contributed by atoms with Gasteiger partial charge in [-0.25, -0.2) is 0 Å². The Kier molecular flexibility index (Phi) is 3.44. The van der Waals surface area contributed by atoms with E-state index in [1.165, 1.54) is 0 Å². The molecule has 0 bridgehead atoms. The van der Waals surface area contributed by atoms with Gasteiger partial charge in [-0.15, -0.1) is 0 Å². The lowest BCUT2D eigenvalue weighted by Gasteiger charge is -2.11. The van der Waals surface area contributed by atoms with Crippen LogP contribution < -0.4 is 5.73 Å². The number of nitrogens with two attached hydrogens (primary N) is 1. The van der Waals surface area contributed by atoms with Crippen molar-refractivity contribution in [2.24, 2.45) is 5.73 Å². The summed E-state index contributed by atoms with van der Waals surface area (Å²) in [5.74, 6) is 0. The van der Waals surface area contributed by atoms with E-state index in [0.717, 1.165) is 11.1 Å². The van der Waals surface area contributed by atoms with Crippen LogP contribution in [0.5, 0.6) is 0 Å². The second-order valence-electron chi connectivity index (χ2n) is 2.82. The topological polar surface area (TPSA) is 70.0 Å². The third kappa shape index (κ3) is 2.28. The lowest BCUT2D eigenvalue weighted by molar-refractivity contribution is 0.267. The van der Waals surface area contributed by atoms with Crippen LogP contribution in [0.15, 0.2) is 24.3 Å². The highest BCUT2D eigenvalue weighted by Crippen LogP contribution is 2.15. The van der Waals surface area contributed by atoms with E-state index < -0.39 is 0 Å². The summed E-state index contributed by atoms with van der Waals surface area (Å²) in [4.78, 5) is 0. The Morgan fingerprint density at radius 2 is 2.15 bits per heavy atom. The first kappa shape index (κ1) is 9.72. The zero-order valence-corrected chi connectivity index (χ0v) is 7.27. The van der Waals surface area contributed by atoms with E-state index in [1.54, 1.807) is 0 Å². The SMILES string of the molecule is N#CCc1ccccc1C(N)CO. The van der Waals surface area contributed by atoms with Crippen molar-refractivity contribution < 1.29 is 5.11 Å². The van der Waals surface area contributed by atoms with Crippen LogP contribution in [-0.4, -0.2) is 11.7 Å². The molecule has 3 nitrogen and oxygen atoms in total. The standard InChI is InChI=1S/C10H12N2O/c11-6-5-8-3-1-2-4-9(8)10(12)7-13/h1-4,10,13H,5,7,12H2. The van der Waals surface area contributed by atoms with Crippen molar-refractivity contribution in [1.82, 2.24) is 0 Å². The summed E-state index contributed by atoms with van der Waals surface area (Å²) in [7, 11) is 0. The molecule has 0 amide bonds. The van der Waals surface area contributed by atoms with E-state index in [0.29, 0.717) is 6.42 Å². The first-order valence-corrected chi connectivity index (χ1v) is 4.10. The average Bonchev–Trinajstić information content (AvgIpc) is 2.18. The number of nitrogens with zero attached hydrogens (tertiary/aromatic N) is 1. The Bertz CT molecular complexity index is 317. The van der Waals surface area contributed by atoms with Gasteiger partial charge in [-0.1, -0.05) is 24.3 Å². The molecule has 0 radical (unpaired) electrons. The Morgan fingerprint density at radius 3 is 2.77 bits per heavy atom. The van der Waals surface area contributed by atoms with Crippen molar-refractivity contribution in [2.75, 3.05) is 6.61 Å². The summed E-state index contributed by atoms with van der Waals surface area (Å²) < 4.78 is 0. The van der Waals surface area contributed by atoms with Gasteiger partial charge in [-0.05, 0) is 11.1 Å². The van der Waals surface area contributed by atoms with Gasteiger partial charge in [0.05, 0.1) is 25.1 Å². The molecule has 1 unspecified atom stereocenters. The van der Waals surface area contributed by atoms with E-state index in [4.69, 9.17) is 16.1 Å². The molecule has 0 aromatic heterocycles. The van der Waals surface area contributed by atoms with Crippen LogP contribution >= 0.6 is 0 Å². The minimum absolute atomic E-state index is 0.0948. The van der Waals surface area contributed by atoms with Gasteiger partial charge in [0, 0.05) is 0 Å². The van der Waals surface area contributed by atoms with Crippen LogP contribution in [0.1, 0.15) is 17.2 Å². The molecule has 1 aromatic carbocycles. The van der Waals surface area contributed by atoms with Crippen LogP contribution in [0.2, 0.25) is 0 Å². The van der Waals surface area contributed by atoms with Crippen molar-refractivity contribution >= 4 is 0 Å². The van der Waals surface area contributed by atoms with E-state index in [9.17, 15) is 0 Å². The maximum absolute atomic E-state index is 8.87. The third-order valence-corrected chi connectivity index (χ3v) is 1.92. The highest BCUT2D eigenvalue weighted by atomic mass is 16.3. The minimum Gasteiger partial charge on any atom is -0.394 e. The number of hydrogen-bond acceptors (Lipinski definition) is 3. The maximum Gasteiger partial charge on any atom is 0.0669 e. The predicted molar refractivity (Wildman–Crippen MR) is 49.8 cm³/mol. The molecule has 0 fully saturated rings. The number of rotatable bonds is 3. The van der Waals surface area contributed by atoms with Crippen molar-refractivity contribution in [3.8, 4) is 6.07 Å². The van der Waals surface area contributed by atoms with Gasteiger partial charge >= 0.3 is 0 Å². The van der Waals surface area contributed by atoms with E-state index in [2.05, 4.69) is 6.07 Å². The van der Waals surface area contributed by atoms with Crippen LogP contribution in [-0.2, 0) is 6.42 Å². The number of nitriles is 1. The van der Waals surface area contributed by atoms with Crippen molar-refractivity contribution in [2.45, 2.75) is 12.5 Å². The van der Waals surface area contributed by atoms with Crippen LogP contribution in [0.4, 0.5) is 0 Å². The molecule has 1 rings (SSSR count). The summed E-state index contributed by atoms with van der Waals surface area (Å²) in [6.45, 7) is -0.0948. The molecule has 0 spiro atoms. The van der Waals surface area contributed by atoms with Gasteiger partial charge in [0.1, 0.15) is 0 Å². The fourth-order valence-corrected chi connectivity index (χ4v) is 1.24. The molecule has 0 aliphatic carbocycles. The monoisotopic (exact) mass is 176 g/mol. The van der Waals surface area contributed by atoms with Gasteiger partial charge in [-0.2, -0.15) is 5.26 Å². The van der Waals surface area contributed by atoms with E-state index >= 15 is 0 Å².